The van der Waals surface area contributed by atoms with Crippen LogP contribution in [-0.4, -0.2) is 18.7 Å². The van der Waals surface area contributed by atoms with Gasteiger partial charge in [0.05, 0.1) is 8.07 Å². The molecule has 0 spiro atoms. The van der Waals surface area contributed by atoms with E-state index in [2.05, 4.69) is 33.1 Å². The van der Waals surface area contributed by atoms with E-state index in [1.54, 1.807) is 0 Å². The van der Waals surface area contributed by atoms with Crippen LogP contribution in [0.2, 0.25) is 19.6 Å². The second kappa shape index (κ2) is 4.24. The molecule has 1 atom stereocenters. The summed E-state index contributed by atoms with van der Waals surface area (Å²) in [5.41, 5.74) is 0. The molecule has 60 valence electrons. The fourth-order valence-electron chi connectivity index (χ4n) is 0.462. The molecule has 0 aromatic heterocycles. The summed E-state index contributed by atoms with van der Waals surface area (Å²) in [4.78, 5) is 0.852. The lowest BCUT2D eigenvalue weighted by atomic mass is 10.8. The molecule has 0 rings (SSSR count). The van der Waals surface area contributed by atoms with Gasteiger partial charge in [-0.05, 0) is 4.87 Å². The maximum Gasteiger partial charge on any atom is 0.0583 e. The van der Waals surface area contributed by atoms with Gasteiger partial charge in [0, 0.05) is 5.75 Å². The molecule has 0 aliphatic carbocycles. The standard InChI is InChI=1S/C8H18SSi/c1-6-7-9-8(2)10(3,4)5/h6,8H,1,7H2,2-5H3. The molecule has 1 unspecified atom stereocenters. The van der Waals surface area contributed by atoms with Gasteiger partial charge < -0.3 is 0 Å². The van der Waals surface area contributed by atoms with Gasteiger partial charge in [0.15, 0.2) is 0 Å². The molecule has 0 N–H and O–H groups in total. The number of rotatable bonds is 4. The Labute approximate surface area is 70.1 Å². The highest BCUT2D eigenvalue weighted by Gasteiger charge is 2.21. The molecule has 10 heavy (non-hydrogen) atoms. The SMILES string of the molecule is C=CCSC(C)[Si](C)(C)C. The van der Waals surface area contributed by atoms with Gasteiger partial charge in [0.1, 0.15) is 0 Å². The Kier molecular flexibility index (Phi) is 4.37. The number of thioether (sulfide) groups is 1. The first kappa shape index (κ1) is 10.3. The molecule has 0 fully saturated rings. The first-order valence-corrected chi connectivity index (χ1v) is 8.33. The third-order valence-corrected chi connectivity index (χ3v) is 7.67. The van der Waals surface area contributed by atoms with E-state index in [9.17, 15) is 0 Å². The topological polar surface area (TPSA) is 0 Å². The smallest absolute Gasteiger partial charge is 0.0583 e. The van der Waals surface area contributed by atoms with E-state index in [1.807, 2.05) is 17.8 Å². The molecule has 0 heterocycles. The molecule has 2 heteroatoms. The van der Waals surface area contributed by atoms with Crippen LogP contribution >= 0.6 is 11.8 Å². The van der Waals surface area contributed by atoms with Crippen molar-refractivity contribution in [3.8, 4) is 0 Å². The molecule has 0 aromatic carbocycles. The van der Waals surface area contributed by atoms with E-state index in [4.69, 9.17) is 0 Å². The highest BCUT2D eigenvalue weighted by molar-refractivity contribution is 8.01. The highest BCUT2D eigenvalue weighted by Crippen LogP contribution is 2.21. The van der Waals surface area contributed by atoms with Crippen molar-refractivity contribution in [2.24, 2.45) is 0 Å². The second-order valence-electron chi connectivity index (χ2n) is 3.63. The predicted molar refractivity (Wildman–Crippen MR) is 55.5 cm³/mol. The summed E-state index contributed by atoms with van der Waals surface area (Å²) in [5.74, 6) is 1.10. The molecule has 0 radical (unpaired) electrons. The van der Waals surface area contributed by atoms with Crippen molar-refractivity contribution < 1.29 is 0 Å². The van der Waals surface area contributed by atoms with Crippen molar-refractivity contribution in [3.63, 3.8) is 0 Å². The summed E-state index contributed by atoms with van der Waals surface area (Å²) in [7, 11) is -0.883. The fraction of sp³-hybridized carbons (Fsp3) is 0.750. The van der Waals surface area contributed by atoms with Crippen LogP contribution in [0.5, 0.6) is 0 Å². The Morgan fingerprint density at radius 1 is 1.50 bits per heavy atom. The minimum Gasteiger partial charge on any atom is -0.158 e. The van der Waals surface area contributed by atoms with Crippen molar-refractivity contribution in [1.29, 1.82) is 0 Å². The Bertz CT molecular complexity index is 104. The molecule has 0 amide bonds. The van der Waals surface area contributed by atoms with E-state index >= 15 is 0 Å². The zero-order valence-corrected chi connectivity index (χ0v) is 9.29. The predicted octanol–water partition coefficient (Wildman–Crippen LogP) is 3.17. The molecule has 0 aromatic rings. The van der Waals surface area contributed by atoms with E-state index in [0.29, 0.717) is 0 Å². The Hall–Kier alpha value is 0.307. The van der Waals surface area contributed by atoms with Gasteiger partial charge in [-0.2, -0.15) is 11.8 Å². The lowest BCUT2D eigenvalue weighted by Gasteiger charge is -2.23. The van der Waals surface area contributed by atoms with Crippen molar-refractivity contribution in [3.05, 3.63) is 12.7 Å². The summed E-state index contributed by atoms with van der Waals surface area (Å²) in [6, 6.07) is 0. The van der Waals surface area contributed by atoms with E-state index in [0.717, 1.165) is 10.6 Å². The normalized spacial score (nSPS) is 14.8. The van der Waals surface area contributed by atoms with Crippen LogP contribution in [0.3, 0.4) is 0 Å². The summed E-state index contributed by atoms with van der Waals surface area (Å²) in [6.07, 6.45) is 1.99. The molecular formula is C8H18SSi. The Morgan fingerprint density at radius 3 is 2.30 bits per heavy atom. The van der Waals surface area contributed by atoms with Crippen LogP contribution in [0.15, 0.2) is 12.7 Å². The average Bonchev–Trinajstić information content (AvgIpc) is 1.80. The van der Waals surface area contributed by atoms with Gasteiger partial charge in [0.25, 0.3) is 0 Å². The molecule has 0 bridgehead atoms. The molecule has 0 nitrogen and oxygen atoms in total. The maximum atomic E-state index is 3.71. The van der Waals surface area contributed by atoms with Gasteiger partial charge in [-0.25, -0.2) is 0 Å². The van der Waals surface area contributed by atoms with Crippen LogP contribution in [0.1, 0.15) is 6.92 Å². The lowest BCUT2D eigenvalue weighted by Crippen LogP contribution is -2.33. The third kappa shape index (κ3) is 4.17. The van der Waals surface area contributed by atoms with Gasteiger partial charge in [0.2, 0.25) is 0 Å². The van der Waals surface area contributed by atoms with Crippen LogP contribution in [0, 0.1) is 0 Å². The minimum atomic E-state index is -0.883. The van der Waals surface area contributed by atoms with Crippen LogP contribution < -0.4 is 0 Å². The summed E-state index contributed by atoms with van der Waals surface area (Å²) in [5, 5.41) is 0. The van der Waals surface area contributed by atoms with E-state index in [1.165, 1.54) is 0 Å². The van der Waals surface area contributed by atoms with Crippen LogP contribution in [-0.2, 0) is 0 Å². The first-order valence-electron chi connectivity index (χ1n) is 3.71. The van der Waals surface area contributed by atoms with E-state index in [-0.39, 0.29) is 0 Å². The van der Waals surface area contributed by atoms with E-state index < -0.39 is 8.07 Å². The zero-order valence-electron chi connectivity index (χ0n) is 7.48. The molecular weight excluding hydrogens is 156 g/mol. The molecule has 0 aliphatic heterocycles. The van der Waals surface area contributed by atoms with Crippen molar-refractivity contribution in [1.82, 2.24) is 0 Å². The Morgan fingerprint density at radius 2 is 2.00 bits per heavy atom. The van der Waals surface area contributed by atoms with Crippen molar-refractivity contribution in [2.45, 2.75) is 31.4 Å². The van der Waals surface area contributed by atoms with Crippen LogP contribution in [0.25, 0.3) is 0 Å². The molecule has 0 saturated heterocycles. The number of hydrogen-bond acceptors (Lipinski definition) is 1. The number of hydrogen-bond donors (Lipinski definition) is 0. The highest BCUT2D eigenvalue weighted by atomic mass is 32.2. The molecule has 0 aliphatic rings. The summed E-state index contributed by atoms with van der Waals surface area (Å²) >= 11 is 2.03. The zero-order chi connectivity index (χ0) is 8.20. The van der Waals surface area contributed by atoms with Crippen LogP contribution in [0.4, 0.5) is 0 Å². The monoisotopic (exact) mass is 174 g/mol. The minimum absolute atomic E-state index is 0.852. The fourth-order valence-corrected chi connectivity index (χ4v) is 3.18. The van der Waals surface area contributed by atoms with Gasteiger partial charge in [-0.1, -0.05) is 32.6 Å². The Balaban J connectivity index is 3.61. The summed E-state index contributed by atoms with van der Waals surface area (Å²) < 4.78 is 0. The van der Waals surface area contributed by atoms with Crippen molar-refractivity contribution >= 4 is 19.8 Å². The maximum absolute atomic E-state index is 3.71. The third-order valence-electron chi connectivity index (χ3n) is 1.68. The quantitative estimate of drug-likeness (QED) is 0.466. The lowest BCUT2D eigenvalue weighted by molar-refractivity contribution is 1.29. The van der Waals surface area contributed by atoms with Crippen molar-refractivity contribution in [2.75, 3.05) is 5.75 Å². The second-order valence-corrected chi connectivity index (χ2v) is 11.0. The first-order chi connectivity index (χ1) is 4.48. The van der Waals surface area contributed by atoms with Gasteiger partial charge in [-0.15, -0.1) is 6.58 Å². The average molecular weight is 174 g/mol. The van der Waals surface area contributed by atoms with Gasteiger partial charge in [-0.3, -0.25) is 0 Å². The largest absolute Gasteiger partial charge is 0.158 e. The van der Waals surface area contributed by atoms with Gasteiger partial charge >= 0.3 is 0 Å². The summed E-state index contributed by atoms with van der Waals surface area (Å²) in [6.45, 7) is 13.3. The molecule has 0 saturated carbocycles.